The minimum atomic E-state index is 0.0683. The Morgan fingerprint density at radius 3 is 2.69 bits per heavy atom. The summed E-state index contributed by atoms with van der Waals surface area (Å²) in [6.07, 6.45) is 6.41. The third-order valence-electron chi connectivity index (χ3n) is 2.78. The summed E-state index contributed by atoms with van der Waals surface area (Å²) in [5.74, 6) is 0.0683. The first-order valence-electron chi connectivity index (χ1n) is 5.75. The van der Waals surface area contributed by atoms with Gasteiger partial charge >= 0.3 is 0 Å². The number of carbonyl (C=O) groups excluding carboxylic acids is 1. The Bertz CT molecular complexity index is 335. The summed E-state index contributed by atoms with van der Waals surface area (Å²) >= 11 is 6.70. The smallest absolute Gasteiger partial charge is 0.267 e. The number of hydrazine groups is 1. The Balaban J connectivity index is 2.12. The monoisotopic (exact) mass is 256 g/mol. The van der Waals surface area contributed by atoms with E-state index < -0.39 is 0 Å². The van der Waals surface area contributed by atoms with Crippen molar-refractivity contribution in [1.82, 2.24) is 10.0 Å². The van der Waals surface area contributed by atoms with E-state index in [-0.39, 0.29) is 5.91 Å². The van der Waals surface area contributed by atoms with Crippen LogP contribution < -0.4 is 0 Å². The lowest BCUT2D eigenvalue weighted by Crippen LogP contribution is -2.47. The number of amides is 1. The molecular formula is C11H16N2OS2. The lowest BCUT2D eigenvalue weighted by Gasteiger charge is -2.33. The first-order chi connectivity index (χ1) is 7.74. The highest BCUT2D eigenvalue weighted by atomic mass is 32.2. The maximum atomic E-state index is 12.1. The molecule has 0 N–H and O–H groups in total. The van der Waals surface area contributed by atoms with E-state index in [9.17, 15) is 4.79 Å². The van der Waals surface area contributed by atoms with Crippen molar-refractivity contribution < 1.29 is 4.79 Å². The Morgan fingerprint density at radius 2 is 2.06 bits per heavy atom. The molecule has 0 aromatic heterocycles. The molecule has 2 saturated heterocycles. The topological polar surface area (TPSA) is 23.6 Å². The molecule has 0 spiro atoms. The lowest BCUT2D eigenvalue weighted by atomic mass is 10.2. The normalized spacial score (nSPS) is 25.8. The van der Waals surface area contributed by atoms with Gasteiger partial charge in [-0.2, -0.15) is 0 Å². The van der Waals surface area contributed by atoms with Gasteiger partial charge in [0.25, 0.3) is 5.91 Å². The quantitative estimate of drug-likeness (QED) is 0.559. The molecule has 0 saturated carbocycles. The SMILES string of the molecule is CC/C=C1/SC(=S)N(N2CCCCC2)C1=O. The van der Waals surface area contributed by atoms with Crippen molar-refractivity contribution in [1.29, 1.82) is 0 Å². The van der Waals surface area contributed by atoms with Crippen molar-refractivity contribution in [3.63, 3.8) is 0 Å². The van der Waals surface area contributed by atoms with Crippen LogP contribution in [0.15, 0.2) is 11.0 Å². The first kappa shape index (κ1) is 12.1. The van der Waals surface area contributed by atoms with E-state index in [1.807, 2.05) is 13.0 Å². The molecule has 0 radical (unpaired) electrons. The van der Waals surface area contributed by atoms with Gasteiger partial charge in [0, 0.05) is 13.1 Å². The van der Waals surface area contributed by atoms with Crippen molar-refractivity contribution in [2.24, 2.45) is 0 Å². The number of nitrogens with zero attached hydrogens (tertiary/aromatic N) is 2. The van der Waals surface area contributed by atoms with E-state index in [2.05, 4.69) is 5.01 Å². The van der Waals surface area contributed by atoms with Crippen LogP contribution in [0.5, 0.6) is 0 Å². The Morgan fingerprint density at radius 1 is 1.38 bits per heavy atom. The molecule has 0 bridgehead atoms. The zero-order valence-electron chi connectivity index (χ0n) is 9.44. The highest BCUT2D eigenvalue weighted by Crippen LogP contribution is 2.33. The van der Waals surface area contributed by atoms with E-state index in [1.165, 1.54) is 18.2 Å². The van der Waals surface area contributed by atoms with Crippen molar-refractivity contribution in [2.75, 3.05) is 13.1 Å². The maximum absolute atomic E-state index is 12.1. The molecule has 0 aromatic carbocycles. The van der Waals surface area contributed by atoms with Gasteiger partial charge < -0.3 is 0 Å². The van der Waals surface area contributed by atoms with Crippen molar-refractivity contribution >= 4 is 34.2 Å². The van der Waals surface area contributed by atoms with Gasteiger partial charge in [0.05, 0.1) is 4.91 Å². The number of piperidine rings is 1. The Kier molecular flexibility index (Phi) is 4.00. The molecule has 2 aliphatic heterocycles. The van der Waals surface area contributed by atoms with Crippen LogP contribution in [0.25, 0.3) is 0 Å². The summed E-state index contributed by atoms with van der Waals surface area (Å²) in [4.78, 5) is 12.9. The summed E-state index contributed by atoms with van der Waals surface area (Å²) < 4.78 is 0.687. The molecular weight excluding hydrogens is 240 g/mol. The first-order valence-corrected chi connectivity index (χ1v) is 6.97. The van der Waals surface area contributed by atoms with Gasteiger partial charge in [-0.25, -0.2) is 10.0 Å². The molecule has 0 aliphatic carbocycles. The van der Waals surface area contributed by atoms with Crippen LogP contribution in [0.2, 0.25) is 0 Å². The molecule has 1 amide bonds. The predicted molar refractivity (Wildman–Crippen MR) is 70.8 cm³/mol. The van der Waals surface area contributed by atoms with E-state index in [4.69, 9.17) is 12.2 Å². The molecule has 2 aliphatic rings. The van der Waals surface area contributed by atoms with Crippen LogP contribution in [0, 0.1) is 0 Å². The number of carbonyl (C=O) groups is 1. The van der Waals surface area contributed by atoms with Gasteiger partial charge in [-0.15, -0.1) is 0 Å². The number of rotatable bonds is 2. The van der Waals surface area contributed by atoms with Crippen molar-refractivity contribution in [2.45, 2.75) is 32.6 Å². The summed E-state index contributed by atoms with van der Waals surface area (Å²) in [5.41, 5.74) is 0. The van der Waals surface area contributed by atoms with Crippen LogP contribution in [0.4, 0.5) is 0 Å². The van der Waals surface area contributed by atoms with Gasteiger partial charge in [0.1, 0.15) is 0 Å². The van der Waals surface area contributed by atoms with Gasteiger partial charge in [-0.05, 0) is 19.3 Å². The molecule has 16 heavy (non-hydrogen) atoms. The third kappa shape index (κ3) is 2.31. The second-order valence-electron chi connectivity index (χ2n) is 3.98. The Hall–Kier alpha value is -0.390. The average molecular weight is 256 g/mol. The molecule has 5 heteroatoms. The Labute approximate surface area is 106 Å². The minimum absolute atomic E-state index is 0.0683. The summed E-state index contributed by atoms with van der Waals surface area (Å²) in [6.45, 7) is 3.94. The molecule has 0 unspecified atom stereocenters. The van der Waals surface area contributed by atoms with Gasteiger partial charge in [-0.3, -0.25) is 4.79 Å². The lowest BCUT2D eigenvalue weighted by molar-refractivity contribution is -0.134. The van der Waals surface area contributed by atoms with Crippen LogP contribution in [-0.4, -0.2) is 33.3 Å². The fourth-order valence-electron chi connectivity index (χ4n) is 2.00. The second kappa shape index (κ2) is 5.29. The number of thiocarbonyl (C=S) groups is 1. The van der Waals surface area contributed by atoms with Gasteiger partial charge in [0.2, 0.25) is 0 Å². The fraction of sp³-hybridized carbons (Fsp3) is 0.636. The molecule has 0 atom stereocenters. The highest BCUT2D eigenvalue weighted by molar-refractivity contribution is 8.26. The average Bonchev–Trinajstić information content (AvgIpc) is 2.56. The molecule has 0 aromatic rings. The van der Waals surface area contributed by atoms with E-state index >= 15 is 0 Å². The van der Waals surface area contributed by atoms with Crippen molar-refractivity contribution in [3.05, 3.63) is 11.0 Å². The number of thioether (sulfide) groups is 1. The molecule has 2 rings (SSSR count). The number of hydrogen-bond acceptors (Lipinski definition) is 4. The largest absolute Gasteiger partial charge is 0.280 e. The van der Waals surface area contributed by atoms with E-state index in [0.29, 0.717) is 4.32 Å². The second-order valence-corrected chi connectivity index (χ2v) is 5.65. The third-order valence-corrected chi connectivity index (χ3v) is 4.11. The molecule has 88 valence electrons. The number of hydrogen-bond donors (Lipinski definition) is 0. The van der Waals surface area contributed by atoms with Crippen LogP contribution in [0.3, 0.4) is 0 Å². The van der Waals surface area contributed by atoms with E-state index in [1.54, 1.807) is 5.01 Å². The van der Waals surface area contributed by atoms with Crippen LogP contribution in [-0.2, 0) is 4.79 Å². The van der Waals surface area contributed by atoms with Gasteiger partial charge in [-0.1, -0.05) is 43.4 Å². The summed E-state index contributed by atoms with van der Waals surface area (Å²) in [6, 6.07) is 0. The van der Waals surface area contributed by atoms with Crippen LogP contribution in [0.1, 0.15) is 32.6 Å². The van der Waals surface area contributed by atoms with E-state index in [0.717, 1.165) is 37.3 Å². The fourth-order valence-corrected chi connectivity index (χ4v) is 3.37. The summed E-state index contributed by atoms with van der Waals surface area (Å²) in [5, 5.41) is 3.79. The number of allylic oxidation sites excluding steroid dienone is 1. The van der Waals surface area contributed by atoms with Crippen LogP contribution >= 0.6 is 24.0 Å². The zero-order valence-corrected chi connectivity index (χ0v) is 11.1. The molecule has 3 nitrogen and oxygen atoms in total. The van der Waals surface area contributed by atoms with Gasteiger partial charge in [0.15, 0.2) is 4.32 Å². The zero-order chi connectivity index (χ0) is 11.5. The molecule has 2 fully saturated rings. The minimum Gasteiger partial charge on any atom is -0.267 e. The maximum Gasteiger partial charge on any atom is 0.280 e. The van der Waals surface area contributed by atoms with Crippen molar-refractivity contribution in [3.8, 4) is 0 Å². The molecule has 2 heterocycles. The summed E-state index contributed by atoms with van der Waals surface area (Å²) in [7, 11) is 0. The predicted octanol–water partition coefficient (Wildman–Crippen LogP) is 2.54. The standard InChI is InChI=1S/C11H16N2OS2/c1-2-6-9-10(14)13(11(15)16-9)12-7-4-3-5-8-12/h6H,2-5,7-8H2,1H3/b9-6+. The highest BCUT2D eigenvalue weighted by Gasteiger charge is 2.36.